The van der Waals surface area contributed by atoms with Gasteiger partial charge in [-0.15, -0.1) is 5.01 Å². The molecule has 3 aromatic rings. The number of anilines is 1. The van der Waals surface area contributed by atoms with Gasteiger partial charge >= 0.3 is 5.97 Å². The predicted octanol–water partition coefficient (Wildman–Crippen LogP) is 4.18. The Kier molecular flexibility index (Phi) is 10.6. The highest BCUT2D eigenvalue weighted by Gasteiger charge is 2.28. The van der Waals surface area contributed by atoms with Crippen LogP contribution in [0.1, 0.15) is 52.6 Å². The molecule has 13 nitrogen and oxygen atoms in total. The van der Waals surface area contributed by atoms with Crippen LogP contribution in [0.2, 0.25) is 5.02 Å². The summed E-state index contributed by atoms with van der Waals surface area (Å²) in [5.41, 5.74) is 5.72. The fourth-order valence-corrected chi connectivity index (χ4v) is 6.07. The van der Waals surface area contributed by atoms with Gasteiger partial charge in [0.2, 0.25) is 15.3 Å². The number of para-hydroxylation sites is 1. The van der Waals surface area contributed by atoms with Gasteiger partial charge in [-0.1, -0.05) is 41.9 Å². The summed E-state index contributed by atoms with van der Waals surface area (Å²) in [5.74, 6) is -1.20. The number of hydrogen-bond donors (Lipinski definition) is 2. The van der Waals surface area contributed by atoms with Crippen LogP contribution >= 0.6 is 11.6 Å². The number of esters is 1. The molecule has 1 aliphatic heterocycles. The molecule has 4 rings (SSSR count). The van der Waals surface area contributed by atoms with Crippen LogP contribution in [0.5, 0.6) is 0 Å². The van der Waals surface area contributed by atoms with Crippen LogP contribution in [0.25, 0.3) is 0 Å². The number of halogens is 1. The van der Waals surface area contributed by atoms with Crippen molar-refractivity contribution in [3.05, 3.63) is 99.2 Å². The summed E-state index contributed by atoms with van der Waals surface area (Å²) in [5, 5.41) is 18.1. The van der Waals surface area contributed by atoms with Crippen LogP contribution in [0.3, 0.4) is 0 Å². The van der Waals surface area contributed by atoms with Crippen molar-refractivity contribution in [2.24, 2.45) is 5.28 Å². The van der Waals surface area contributed by atoms with E-state index in [0.717, 1.165) is 17.7 Å². The molecular weight excluding hydrogens is 612 g/mol. The van der Waals surface area contributed by atoms with E-state index in [2.05, 4.69) is 15.4 Å². The van der Waals surface area contributed by atoms with E-state index in [9.17, 15) is 23.2 Å². The Bertz CT molecular complexity index is 1630. The molecule has 0 bridgehead atoms. The summed E-state index contributed by atoms with van der Waals surface area (Å²) in [6, 6.07) is 17.8. The summed E-state index contributed by atoms with van der Waals surface area (Å²) >= 11 is 6.23. The van der Waals surface area contributed by atoms with Crippen LogP contribution in [0, 0.1) is 5.21 Å². The highest BCUT2D eigenvalue weighted by molar-refractivity contribution is 7.89. The van der Waals surface area contributed by atoms with E-state index in [1.165, 1.54) is 35.3 Å². The zero-order valence-corrected chi connectivity index (χ0v) is 26.0. The van der Waals surface area contributed by atoms with E-state index in [1.807, 2.05) is 31.2 Å². The molecule has 1 heterocycles. The molecule has 0 radical (unpaired) electrons. The maximum absolute atomic E-state index is 13.1. The number of carbonyl (C=O) groups excluding carboxylic acids is 2. The normalized spacial score (nSPS) is 14.6. The van der Waals surface area contributed by atoms with Crippen molar-refractivity contribution >= 4 is 39.2 Å². The highest BCUT2D eigenvalue weighted by Crippen LogP contribution is 2.30. The predicted molar refractivity (Wildman–Crippen MR) is 162 cm³/mol. The smallest absolute Gasteiger partial charge is 0.341 e. The number of amides is 1. The molecule has 15 heteroatoms. The molecule has 0 unspecified atom stereocenters. The number of ether oxygens (including phenoxy) is 1. The lowest BCUT2D eigenvalue weighted by Gasteiger charge is -2.25. The summed E-state index contributed by atoms with van der Waals surface area (Å²) in [4.78, 5) is 30.1. The zero-order chi connectivity index (χ0) is 31.9. The summed E-state index contributed by atoms with van der Waals surface area (Å²) < 4.78 is 33.7. The van der Waals surface area contributed by atoms with Gasteiger partial charge in [-0.3, -0.25) is 15.2 Å². The monoisotopic (exact) mass is 644 g/mol. The third-order valence-corrected chi connectivity index (χ3v) is 8.79. The number of sulfonamides is 1. The van der Waals surface area contributed by atoms with Crippen molar-refractivity contribution in [1.82, 2.24) is 15.2 Å². The average Bonchev–Trinajstić information content (AvgIpc) is 3.33. The highest BCUT2D eigenvalue weighted by atomic mass is 35.5. The van der Waals surface area contributed by atoms with E-state index in [4.69, 9.17) is 21.2 Å². The standard InChI is InChI=1S/C29H33ClN6O7S/c1-4-34(5-2)36(39)33-43-19-42-29(38)22-12-10-21(11-13-22)18-31-44(40,41)27-17-24(14-15-25(27)30)28(37)32-35-20(3)16-23-8-6-7-9-26(23)35/h6-15,17,20,31H,4-5,16,18-19H2,1-3H3,(H,32,37)/b36-33-/t20-/m1/s1. The Morgan fingerprint density at radius 3 is 2.48 bits per heavy atom. The van der Waals surface area contributed by atoms with Gasteiger partial charge < -0.3 is 14.8 Å². The molecule has 1 amide bonds. The van der Waals surface area contributed by atoms with Gasteiger partial charge in [0.25, 0.3) is 12.7 Å². The van der Waals surface area contributed by atoms with Crippen molar-refractivity contribution in [2.75, 3.05) is 24.9 Å². The molecule has 234 valence electrons. The largest absolute Gasteiger partial charge is 0.569 e. The number of carbonyl (C=O) groups is 2. The van der Waals surface area contributed by atoms with E-state index in [1.54, 1.807) is 31.0 Å². The Morgan fingerprint density at radius 1 is 1.09 bits per heavy atom. The zero-order valence-electron chi connectivity index (χ0n) is 24.4. The first-order valence-electron chi connectivity index (χ1n) is 13.8. The van der Waals surface area contributed by atoms with Crippen LogP contribution in [-0.2, 0) is 32.6 Å². The number of hydrazine groups is 2. The number of rotatable bonds is 13. The quantitative estimate of drug-likeness (QED) is 0.0696. The fourth-order valence-electron chi connectivity index (χ4n) is 4.53. The van der Waals surface area contributed by atoms with E-state index >= 15 is 0 Å². The van der Waals surface area contributed by atoms with Gasteiger partial charge in [0.15, 0.2) is 0 Å². The van der Waals surface area contributed by atoms with Gasteiger partial charge in [-0.25, -0.2) is 17.9 Å². The topological polar surface area (TPSA) is 156 Å². The lowest BCUT2D eigenvalue weighted by atomic mass is 10.1. The second-order valence-electron chi connectivity index (χ2n) is 9.81. The van der Waals surface area contributed by atoms with Crippen LogP contribution in [-0.4, -0.2) is 56.2 Å². The second-order valence-corrected chi connectivity index (χ2v) is 12.0. The van der Waals surface area contributed by atoms with Crippen molar-refractivity contribution in [2.45, 2.75) is 44.7 Å². The molecule has 1 atom stereocenters. The Balaban J connectivity index is 1.34. The summed E-state index contributed by atoms with van der Waals surface area (Å²) in [7, 11) is -4.12. The van der Waals surface area contributed by atoms with Crippen molar-refractivity contribution in [3.8, 4) is 0 Å². The first-order valence-corrected chi connectivity index (χ1v) is 15.7. The molecule has 0 saturated heterocycles. The molecule has 0 aliphatic carbocycles. The molecular formula is C29H33ClN6O7S. The van der Waals surface area contributed by atoms with Gasteiger partial charge in [0, 0.05) is 12.1 Å². The minimum atomic E-state index is -4.12. The Labute approximate surface area is 260 Å². The number of nitrogens with zero attached hydrogens (tertiary/aromatic N) is 4. The lowest BCUT2D eigenvalue weighted by molar-refractivity contribution is -0.710. The van der Waals surface area contributed by atoms with Crippen molar-refractivity contribution in [1.29, 1.82) is 0 Å². The minimum absolute atomic E-state index is 0.0259. The fraction of sp³-hybridized carbons (Fsp3) is 0.310. The summed E-state index contributed by atoms with van der Waals surface area (Å²) in [6.07, 6.45) is 0.770. The maximum Gasteiger partial charge on any atom is 0.341 e. The molecule has 0 fully saturated rings. The van der Waals surface area contributed by atoms with E-state index < -0.39 is 28.7 Å². The maximum atomic E-state index is 13.1. The molecule has 0 saturated carbocycles. The van der Waals surface area contributed by atoms with Crippen LogP contribution < -0.4 is 15.2 Å². The molecule has 0 aromatic heterocycles. The number of nitrogens with one attached hydrogen (secondary N) is 2. The minimum Gasteiger partial charge on any atom is -0.569 e. The first kappa shape index (κ1) is 32.5. The van der Waals surface area contributed by atoms with E-state index in [-0.39, 0.29) is 38.6 Å². The number of hydrogen-bond acceptors (Lipinski definition) is 9. The molecule has 3 aromatic carbocycles. The number of fused-ring (bicyclic) bond motifs is 1. The van der Waals surface area contributed by atoms with Crippen LogP contribution in [0.4, 0.5) is 5.69 Å². The van der Waals surface area contributed by atoms with Crippen molar-refractivity contribution < 1.29 is 32.6 Å². The van der Waals surface area contributed by atoms with Crippen molar-refractivity contribution in [3.63, 3.8) is 0 Å². The Morgan fingerprint density at radius 2 is 1.77 bits per heavy atom. The Hall–Kier alpha value is -4.40. The first-order chi connectivity index (χ1) is 21.0. The van der Waals surface area contributed by atoms with E-state index in [0.29, 0.717) is 18.7 Å². The van der Waals surface area contributed by atoms with Gasteiger partial charge in [-0.2, -0.15) is 0 Å². The van der Waals surface area contributed by atoms with Gasteiger partial charge in [0.05, 0.1) is 40.4 Å². The molecule has 1 aliphatic rings. The number of benzene rings is 3. The van der Waals surface area contributed by atoms with Gasteiger partial charge in [0.1, 0.15) is 4.90 Å². The average molecular weight is 645 g/mol. The third-order valence-electron chi connectivity index (χ3n) is 6.91. The van der Waals surface area contributed by atoms with Gasteiger partial charge in [-0.05, 0) is 74.7 Å². The third kappa shape index (κ3) is 7.75. The summed E-state index contributed by atoms with van der Waals surface area (Å²) in [6.45, 7) is 5.73. The lowest BCUT2D eigenvalue weighted by Crippen LogP contribution is -2.45. The molecule has 0 spiro atoms. The van der Waals surface area contributed by atoms with Crippen LogP contribution in [0.15, 0.2) is 76.9 Å². The molecule has 44 heavy (non-hydrogen) atoms. The SMILES string of the molecule is CCN(CC)/[N+]([O-])=N/OCOC(=O)c1ccc(CNS(=O)(=O)c2cc(C(=O)NN3c4ccccc4C[C@H]3C)ccc2Cl)cc1. The molecule has 2 N–H and O–H groups in total. The second kappa shape index (κ2) is 14.4.